The molecule has 0 radical (unpaired) electrons. The van der Waals surface area contributed by atoms with E-state index in [0.29, 0.717) is 24.3 Å². The van der Waals surface area contributed by atoms with Gasteiger partial charge in [-0.1, -0.05) is 63.1 Å². The lowest BCUT2D eigenvalue weighted by molar-refractivity contribution is -0.185. The van der Waals surface area contributed by atoms with Crippen LogP contribution >= 0.6 is 0 Å². The van der Waals surface area contributed by atoms with Gasteiger partial charge in [-0.15, -0.1) is 0 Å². The second-order valence-corrected chi connectivity index (χ2v) is 12.5. The molecular formula is C30H42O5. The van der Waals surface area contributed by atoms with E-state index in [1.807, 2.05) is 0 Å². The van der Waals surface area contributed by atoms with Crippen LogP contribution in [0.4, 0.5) is 0 Å². The SMILES string of the molecule is C=C(C)[C@@H]1CC=C2[C@@H](CC=C3[C@@]2(C)CC[C@@]3(C)[C@H](C)C[C@]2(O)C=C(C)C(=O)O2)[C@@]1(C)CCC(=O)O. The first-order chi connectivity index (χ1) is 16.2. The van der Waals surface area contributed by atoms with Crippen molar-refractivity contribution in [2.24, 2.45) is 34.0 Å². The molecule has 5 nitrogen and oxygen atoms in total. The Balaban J connectivity index is 1.66. The molecule has 0 bridgehead atoms. The van der Waals surface area contributed by atoms with Gasteiger partial charge in [-0.2, -0.15) is 0 Å². The normalized spacial score (nSPS) is 41.2. The second kappa shape index (κ2) is 8.47. The Morgan fingerprint density at radius 3 is 2.49 bits per heavy atom. The van der Waals surface area contributed by atoms with Gasteiger partial charge >= 0.3 is 11.9 Å². The fraction of sp³-hybridized carbons (Fsp3) is 0.667. The van der Waals surface area contributed by atoms with E-state index in [-0.39, 0.29) is 34.5 Å². The summed E-state index contributed by atoms with van der Waals surface area (Å²) >= 11 is 0. The molecule has 0 saturated heterocycles. The van der Waals surface area contributed by atoms with Gasteiger partial charge in [0.1, 0.15) is 0 Å². The number of rotatable bonds is 7. The molecule has 0 unspecified atom stereocenters. The van der Waals surface area contributed by atoms with Crippen LogP contribution in [-0.2, 0) is 14.3 Å². The number of carbonyl (C=O) groups excluding carboxylic acids is 1. The zero-order valence-corrected chi connectivity index (χ0v) is 22.2. The topological polar surface area (TPSA) is 83.8 Å². The molecule has 1 aliphatic heterocycles. The van der Waals surface area contributed by atoms with E-state index in [0.717, 1.165) is 31.3 Å². The van der Waals surface area contributed by atoms with Gasteiger partial charge in [0, 0.05) is 23.8 Å². The lowest BCUT2D eigenvalue weighted by Gasteiger charge is -2.55. The summed E-state index contributed by atoms with van der Waals surface area (Å²) in [5.41, 5.74) is 4.18. The van der Waals surface area contributed by atoms with E-state index in [4.69, 9.17) is 4.74 Å². The minimum atomic E-state index is -1.53. The van der Waals surface area contributed by atoms with Crippen molar-refractivity contribution in [1.82, 2.24) is 0 Å². The van der Waals surface area contributed by atoms with Crippen LogP contribution in [0.15, 0.2) is 47.1 Å². The molecule has 1 fully saturated rings. The smallest absolute Gasteiger partial charge is 0.336 e. The summed E-state index contributed by atoms with van der Waals surface area (Å²) in [6.07, 6.45) is 11.5. The number of allylic oxidation sites excluding steroid dienone is 5. The van der Waals surface area contributed by atoms with Gasteiger partial charge in [0.05, 0.1) is 0 Å². The third kappa shape index (κ3) is 4.04. The molecule has 0 aromatic rings. The molecule has 192 valence electrons. The van der Waals surface area contributed by atoms with E-state index < -0.39 is 17.7 Å². The molecular weight excluding hydrogens is 440 g/mol. The molecule has 5 heteroatoms. The third-order valence-electron chi connectivity index (χ3n) is 10.3. The summed E-state index contributed by atoms with van der Waals surface area (Å²) in [7, 11) is 0. The molecule has 35 heavy (non-hydrogen) atoms. The summed E-state index contributed by atoms with van der Waals surface area (Å²) in [6.45, 7) is 17.1. The fourth-order valence-corrected chi connectivity index (χ4v) is 8.10. The Kier molecular flexibility index (Phi) is 6.28. The van der Waals surface area contributed by atoms with Crippen molar-refractivity contribution in [3.05, 3.63) is 47.1 Å². The number of aliphatic carboxylic acids is 1. The number of fused-ring (bicyclic) bond motifs is 3. The van der Waals surface area contributed by atoms with Crippen LogP contribution < -0.4 is 0 Å². The summed E-state index contributed by atoms with van der Waals surface area (Å²) in [4.78, 5) is 23.5. The summed E-state index contributed by atoms with van der Waals surface area (Å²) in [6, 6.07) is 0. The summed E-state index contributed by atoms with van der Waals surface area (Å²) in [5.74, 6) is -2.03. The van der Waals surface area contributed by atoms with Crippen LogP contribution in [-0.4, -0.2) is 27.9 Å². The van der Waals surface area contributed by atoms with Crippen LogP contribution in [0.2, 0.25) is 0 Å². The molecule has 2 N–H and O–H groups in total. The first-order valence-electron chi connectivity index (χ1n) is 13.1. The molecule has 1 saturated carbocycles. The fourth-order valence-electron chi connectivity index (χ4n) is 8.10. The monoisotopic (exact) mass is 482 g/mol. The van der Waals surface area contributed by atoms with Gasteiger partial charge in [-0.25, -0.2) is 4.79 Å². The molecule has 1 heterocycles. The standard InChI is InChI=1S/C30H42O5/c1-18(2)21-8-9-23-22(28(21,6)13-12-25(31)32)10-11-24-27(5,14-15-29(23,24)7)20(4)17-30(34)16-19(3)26(33)35-30/h9,11,16,20-22,34H,1,8,10,12-15,17H2,2-7H3,(H,31,32)/t20-,21+,22-,27+,28+,29+,30+/m1/s1. The lowest BCUT2D eigenvalue weighted by Crippen LogP contribution is -2.46. The summed E-state index contributed by atoms with van der Waals surface area (Å²) < 4.78 is 5.33. The highest BCUT2D eigenvalue weighted by Gasteiger charge is 2.58. The molecule has 0 aromatic carbocycles. The van der Waals surface area contributed by atoms with Crippen LogP contribution in [0.1, 0.15) is 86.5 Å². The highest BCUT2D eigenvalue weighted by atomic mass is 16.7. The molecule has 0 spiro atoms. The van der Waals surface area contributed by atoms with E-state index in [1.54, 1.807) is 13.0 Å². The predicted octanol–water partition coefficient (Wildman–Crippen LogP) is 6.35. The number of ether oxygens (including phenoxy) is 1. The highest BCUT2D eigenvalue weighted by Crippen LogP contribution is 2.68. The molecule has 7 atom stereocenters. The first-order valence-corrected chi connectivity index (χ1v) is 13.1. The number of carboxylic acid groups (broad SMARTS) is 1. The molecule has 4 aliphatic rings. The number of hydrogen-bond donors (Lipinski definition) is 2. The van der Waals surface area contributed by atoms with Crippen LogP contribution in [0.25, 0.3) is 0 Å². The van der Waals surface area contributed by atoms with E-state index in [9.17, 15) is 19.8 Å². The van der Waals surface area contributed by atoms with Crippen molar-refractivity contribution in [3.8, 4) is 0 Å². The number of cyclic esters (lactones) is 1. The van der Waals surface area contributed by atoms with Gasteiger partial charge in [0.25, 0.3) is 0 Å². The number of esters is 1. The highest BCUT2D eigenvalue weighted by molar-refractivity contribution is 5.90. The Morgan fingerprint density at radius 2 is 1.91 bits per heavy atom. The van der Waals surface area contributed by atoms with Gasteiger partial charge in [-0.05, 0) is 80.6 Å². The number of carbonyl (C=O) groups is 2. The van der Waals surface area contributed by atoms with E-state index in [2.05, 4.69) is 53.3 Å². The van der Waals surface area contributed by atoms with Crippen molar-refractivity contribution in [2.45, 2.75) is 92.3 Å². The Bertz CT molecular complexity index is 1050. The third-order valence-corrected chi connectivity index (χ3v) is 10.3. The van der Waals surface area contributed by atoms with Crippen LogP contribution in [0.5, 0.6) is 0 Å². The van der Waals surface area contributed by atoms with Gasteiger partial charge < -0.3 is 14.9 Å². The van der Waals surface area contributed by atoms with Crippen LogP contribution in [0.3, 0.4) is 0 Å². The number of carboxylic acids is 1. The average Bonchev–Trinajstić information content (AvgIpc) is 3.18. The minimum Gasteiger partial charge on any atom is -0.481 e. The second-order valence-electron chi connectivity index (χ2n) is 12.5. The molecule has 3 aliphatic carbocycles. The quantitative estimate of drug-likeness (QED) is 0.326. The lowest BCUT2D eigenvalue weighted by atomic mass is 9.50. The van der Waals surface area contributed by atoms with Crippen LogP contribution in [0, 0.1) is 34.0 Å². The van der Waals surface area contributed by atoms with E-state index >= 15 is 0 Å². The van der Waals surface area contributed by atoms with Crippen molar-refractivity contribution < 1.29 is 24.5 Å². The average molecular weight is 483 g/mol. The van der Waals surface area contributed by atoms with E-state index in [1.165, 1.54) is 11.1 Å². The zero-order valence-electron chi connectivity index (χ0n) is 22.2. The molecule has 4 rings (SSSR count). The first kappa shape index (κ1) is 25.9. The maximum absolute atomic E-state index is 11.9. The largest absolute Gasteiger partial charge is 0.481 e. The maximum Gasteiger partial charge on any atom is 0.336 e. The number of hydrogen-bond acceptors (Lipinski definition) is 4. The van der Waals surface area contributed by atoms with Gasteiger partial charge in [0.2, 0.25) is 5.79 Å². The van der Waals surface area contributed by atoms with Gasteiger partial charge in [0.15, 0.2) is 0 Å². The van der Waals surface area contributed by atoms with Crippen molar-refractivity contribution >= 4 is 11.9 Å². The Labute approximate surface area is 210 Å². The van der Waals surface area contributed by atoms with Gasteiger partial charge in [-0.3, -0.25) is 4.79 Å². The summed E-state index contributed by atoms with van der Waals surface area (Å²) in [5, 5.41) is 20.4. The minimum absolute atomic E-state index is 0.0722. The Morgan fingerprint density at radius 1 is 1.23 bits per heavy atom. The molecule has 0 aromatic heterocycles. The zero-order chi connectivity index (χ0) is 26.0. The van der Waals surface area contributed by atoms with Crippen molar-refractivity contribution in [1.29, 1.82) is 0 Å². The number of aliphatic hydroxyl groups is 1. The van der Waals surface area contributed by atoms with Crippen molar-refractivity contribution in [3.63, 3.8) is 0 Å². The predicted molar refractivity (Wildman–Crippen MR) is 136 cm³/mol. The Hall–Kier alpha value is -2.14. The van der Waals surface area contributed by atoms with Crippen molar-refractivity contribution in [2.75, 3.05) is 0 Å². The maximum atomic E-state index is 11.9. The molecule has 0 amide bonds.